The zero-order valence-corrected chi connectivity index (χ0v) is 13.7. The first-order valence-electron chi connectivity index (χ1n) is 7.58. The molecular weight excluding hydrogens is 290 g/mol. The van der Waals surface area contributed by atoms with Gasteiger partial charge in [-0.2, -0.15) is 0 Å². The lowest BCUT2D eigenvalue weighted by molar-refractivity contribution is 0.0938. The second kappa shape index (κ2) is 7.80. The molecule has 1 aliphatic carbocycles. The van der Waals surface area contributed by atoms with Crippen molar-refractivity contribution in [2.24, 2.45) is 5.73 Å². The maximum Gasteiger partial charge on any atom is 0.256 e. The fourth-order valence-electron chi connectivity index (χ4n) is 2.90. The topological polar surface area (TPSA) is 81.2 Å². The molecule has 2 rings (SSSR count). The number of aromatic nitrogens is 1. The summed E-state index contributed by atoms with van der Waals surface area (Å²) in [6, 6.07) is 0. The molecule has 1 saturated carbocycles. The Morgan fingerprint density at radius 2 is 1.95 bits per heavy atom. The minimum atomic E-state index is -0.260. The zero-order valence-electron chi connectivity index (χ0n) is 12.9. The SMILES string of the molecule is CCc1onc(C)c1C(=O)NCC1(N)CCCCCC1.Cl. The Hall–Kier alpha value is -1.07. The minimum Gasteiger partial charge on any atom is -0.360 e. The fraction of sp³-hybridized carbons (Fsp3) is 0.733. The third-order valence-electron chi connectivity index (χ3n) is 4.18. The number of aryl methyl sites for hydroxylation is 2. The number of carbonyl (C=O) groups excluding carboxylic acids is 1. The average Bonchev–Trinajstić information content (AvgIpc) is 2.67. The summed E-state index contributed by atoms with van der Waals surface area (Å²) in [6.45, 7) is 4.27. The number of nitrogens with one attached hydrogen (secondary N) is 1. The van der Waals surface area contributed by atoms with Crippen LogP contribution in [0.5, 0.6) is 0 Å². The summed E-state index contributed by atoms with van der Waals surface area (Å²) in [6.07, 6.45) is 7.43. The number of rotatable bonds is 4. The van der Waals surface area contributed by atoms with Crippen molar-refractivity contribution in [2.75, 3.05) is 6.54 Å². The van der Waals surface area contributed by atoms with Crippen LogP contribution in [-0.2, 0) is 6.42 Å². The van der Waals surface area contributed by atoms with E-state index in [4.69, 9.17) is 10.3 Å². The molecule has 0 saturated heterocycles. The molecule has 1 heterocycles. The van der Waals surface area contributed by atoms with Gasteiger partial charge >= 0.3 is 0 Å². The van der Waals surface area contributed by atoms with Gasteiger partial charge in [0.1, 0.15) is 11.3 Å². The van der Waals surface area contributed by atoms with Crippen LogP contribution in [0.1, 0.15) is 67.3 Å². The largest absolute Gasteiger partial charge is 0.360 e. The number of amides is 1. The molecular formula is C15H26ClN3O2. The first-order valence-corrected chi connectivity index (χ1v) is 7.58. The average molecular weight is 316 g/mol. The van der Waals surface area contributed by atoms with E-state index in [0.717, 1.165) is 25.7 Å². The van der Waals surface area contributed by atoms with E-state index in [0.29, 0.717) is 30.0 Å². The smallest absolute Gasteiger partial charge is 0.256 e. The van der Waals surface area contributed by atoms with E-state index in [1.807, 2.05) is 6.92 Å². The highest BCUT2D eigenvalue weighted by Crippen LogP contribution is 2.24. The van der Waals surface area contributed by atoms with Gasteiger partial charge in [-0.25, -0.2) is 0 Å². The molecule has 3 N–H and O–H groups in total. The molecule has 21 heavy (non-hydrogen) atoms. The molecule has 0 radical (unpaired) electrons. The van der Waals surface area contributed by atoms with Crippen LogP contribution in [0.3, 0.4) is 0 Å². The van der Waals surface area contributed by atoms with Crippen LogP contribution in [0.25, 0.3) is 0 Å². The summed E-state index contributed by atoms with van der Waals surface area (Å²) in [4.78, 5) is 12.3. The summed E-state index contributed by atoms with van der Waals surface area (Å²) in [5.41, 5.74) is 7.37. The van der Waals surface area contributed by atoms with Gasteiger partial charge in [0.2, 0.25) is 0 Å². The van der Waals surface area contributed by atoms with Crippen molar-refractivity contribution >= 4 is 18.3 Å². The highest BCUT2D eigenvalue weighted by atomic mass is 35.5. The molecule has 0 spiro atoms. The third-order valence-corrected chi connectivity index (χ3v) is 4.18. The molecule has 1 aromatic heterocycles. The Morgan fingerprint density at radius 3 is 2.52 bits per heavy atom. The van der Waals surface area contributed by atoms with Crippen molar-refractivity contribution < 1.29 is 9.32 Å². The van der Waals surface area contributed by atoms with Gasteiger partial charge in [-0.1, -0.05) is 37.8 Å². The van der Waals surface area contributed by atoms with E-state index in [1.165, 1.54) is 12.8 Å². The molecule has 5 nitrogen and oxygen atoms in total. The van der Waals surface area contributed by atoms with Crippen LogP contribution in [0.15, 0.2) is 4.52 Å². The summed E-state index contributed by atoms with van der Waals surface area (Å²) in [5.74, 6) is 0.529. The Kier molecular flexibility index (Phi) is 6.68. The van der Waals surface area contributed by atoms with E-state index in [-0.39, 0.29) is 23.9 Å². The number of halogens is 1. The van der Waals surface area contributed by atoms with Crippen LogP contribution in [0.4, 0.5) is 0 Å². The minimum absolute atomic E-state index is 0. The van der Waals surface area contributed by atoms with Gasteiger partial charge in [0.25, 0.3) is 5.91 Å². The van der Waals surface area contributed by atoms with E-state index in [9.17, 15) is 4.79 Å². The van der Waals surface area contributed by atoms with Crippen molar-refractivity contribution in [1.82, 2.24) is 10.5 Å². The standard InChI is InChI=1S/C15H25N3O2.ClH/c1-3-12-13(11(2)18-20-12)14(19)17-10-15(16)8-6-4-5-7-9-15;/h3-10,16H2,1-2H3,(H,17,19);1H. The molecule has 0 bridgehead atoms. The van der Waals surface area contributed by atoms with Gasteiger partial charge in [-0.3, -0.25) is 4.79 Å². The Morgan fingerprint density at radius 1 is 1.33 bits per heavy atom. The van der Waals surface area contributed by atoms with E-state index < -0.39 is 0 Å². The Balaban J connectivity index is 0.00000220. The lowest BCUT2D eigenvalue weighted by Crippen LogP contribution is -2.49. The molecule has 120 valence electrons. The van der Waals surface area contributed by atoms with Gasteiger partial charge in [0, 0.05) is 18.5 Å². The summed E-state index contributed by atoms with van der Waals surface area (Å²) >= 11 is 0. The van der Waals surface area contributed by atoms with Gasteiger partial charge in [-0.05, 0) is 19.8 Å². The van der Waals surface area contributed by atoms with Crippen LogP contribution in [0.2, 0.25) is 0 Å². The van der Waals surface area contributed by atoms with Crippen molar-refractivity contribution in [2.45, 2.75) is 64.3 Å². The first-order chi connectivity index (χ1) is 9.56. The van der Waals surface area contributed by atoms with Crippen LogP contribution in [-0.4, -0.2) is 23.1 Å². The third kappa shape index (κ3) is 4.45. The zero-order chi connectivity index (χ0) is 14.6. The summed E-state index contributed by atoms with van der Waals surface area (Å²) in [5, 5.41) is 6.84. The molecule has 0 aromatic carbocycles. The fourth-order valence-corrected chi connectivity index (χ4v) is 2.90. The van der Waals surface area contributed by atoms with Crippen LogP contribution < -0.4 is 11.1 Å². The number of hydrogen-bond donors (Lipinski definition) is 2. The van der Waals surface area contributed by atoms with Crippen molar-refractivity contribution in [3.63, 3.8) is 0 Å². The number of nitrogens with two attached hydrogens (primary N) is 1. The lowest BCUT2D eigenvalue weighted by atomic mass is 9.91. The second-order valence-corrected chi connectivity index (χ2v) is 5.88. The predicted octanol–water partition coefficient (Wildman–Crippen LogP) is 2.75. The van der Waals surface area contributed by atoms with Crippen molar-refractivity contribution in [3.8, 4) is 0 Å². The van der Waals surface area contributed by atoms with Gasteiger partial charge in [0.05, 0.1) is 5.69 Å². The molecule has 6 heteroatoms. The van der Waals surface area contributed by atoms with E-state index in [2.05, 4.69) is 10.5 Å². The first kappa shape index (κ1) is 18.0. The highest BCUT2D eigenvalue weighted by molar-refractivity contribution is 5.96. The number of hydrogen-bond acceptors (Lipinski definition) is 4. The predicted molar refractivity (Wildman–Crippen MR) is 84.8 cm³/mol. The quantitative estimate of drug-likeness (QED) is 0.837. The summed E-state index contributed by atoms with van der Waals surface area (Å²) in [7, 11) is 0. The monoisotopic (exact) mass is 315 g/mol. The lowest BCUT2D eigenvalue weighted by Gasteiger charge is -2.28. The highest BCUT2D eigenvalue weighted by Gasteiger charge is 2.28. The Bertz CT molecular complexity index is 465. The second-order valence-electron chi connectivity index (χ2n) is 5.88. The van der Waals surface area contributed by atoms with Gasteiger partial charge < -0.3 is 15.6 Å². The Labute approximate surface area is 132 Å². The van der Waals surface area contributed by atoms with Crippen LogP contribution >= 0.6 is 12.4 Å². The molecule has 0 aliphatic heterocycles. The van der Waals surface area contributed by atoms with E-state index in [1.54, 1.807) is 6.92 Å². The number of nitrogens with zero attached hydrogens (tertiary/aromatic N) is 1. The van der Waals surface area contributed by atoms with Crippen molar-refractivity contribution in [3.05, 3.63) is 17.0 Å². The van der Waals surface area contributed by atoms with Gasteiger partial charge in [0.15, 0.2) is 0 Å². The van der Waals surface area contributed by atoms with Crippen molar-refractivity contribution in [1.29, 1.82) is 0 Å². The molecule has 1 fully saturated rings. The molecule has 0 unspecified atom stereocenters. The molecule has 1 amide bonds. The van der Waals surface area contributed by atoms with Crippen LogP contribution in [0, 0.1) is 6.92 Å². The number of carbonyl (C=O) groups is 1. The molecule has 1 aliphatic rings. The van der Waals surface area contributed by atoms with E-state index >= 15 is 0 Å². The molecule has 0 atom stereocenters. The molecule has 1 aromatic rings. The summed E-state index contributed by atoms with van der Waals surface area (Å²) < 4.78 is 5.16. The maximum atomic E-state index is 12.3. The van der Waals surface area contributed by atoms with Gasteiger partial charge in [-0.15, -0.1) is 12.4 Å². The maximum absolute atomic E-state index is 12.3. The normalized spacial score (nSPS) is 17.7.